The van der Waals surface area contributed by atoms with Crippen LogP contribution in [-0.4, -0.2) is 77.1 Å². The van der Waals surface area contributed by atoms with Gasteiger partial charge in [0.25, 0.3) is 0 Å². The highest BCUT2D eigenvalue weighted by molar-refractivity contribution is 5.89. The summed E-state index contributed by atoms with van der Waals surface area (Å²) in [6.07, 6.45) is 3.57. The van der Waals surface area contributed by atoms with Crippen LogP contribution >= 0.6 is 0 Å². The lowest BCUT2D eigenvalue weighted by Crippen LogP contribution is -2.40. The number of aliphatic hydroxyl groups excluding tert-OH is 3. The van der Waals surface area contributed by atoms with Gasteiger partial charge in [-0.3, -0.25) is 0 Å². The van der Waals surface area contributed by atoms with Gasteiger partial charge in [0.15, 0.2) is 0 Å². The number of benzene rings is 1. The Morgan fingerprint density at radius 1 is 1.21 bits per heavy atom. The van der Waals surface area contributed by atoms with Crippen molar-refractivity contribution in [3.63, 3.8) is 0 Å². The van der Waals surface area contributed by atoms with Crippen LogP contribution in [0.1, 0.15) is 38.7 Å². The average Bonchev–Trinajstić information content (AvgIpc) is 3.16. The number of aliphatic hydroxyl groups is 3. The van der Waals surface area contributed by atoms with Crippen molar-refractivity contribution in [2.45, 2.75) is 58.0 Å². The number of nitrogens with zero attached hydrogens (tertiary/aromatic N) is 1. The summed E-state index contributed by atoms with van der Waals surface area (Å²) in [5.74, 6) is 0.762. The molecule has 0 spiro atoms. The molecular formula is C22H36N2O5. The molecule has 1 aliphatic heterocycles. The fraction of sp³-hybridized carbons (Fsp3) is 0.636. The van der Waals surface area contributed by atoms with E-state index >= 15 is 0 Å². The maximum absolute atomic E-state index is 10.0. The predicted octanol–water partition coefficient (Wildman–Crippen LogP) is 2.29. The first-order valence-electron chi connectivity index (χ1n) is 10.5. The van der Waals surface area contributed by atoms with Crippen LogP contribution in [0.2, 0.25) is 0 Å². The van der Waals surface area contributed by atoms with Gasteiger partial charge in [0.1, 0.15) is 5.75 Å². The van der Waals surface area contributed by atoms with Gasteiger partial charge in [-0.25, -0.2) is 0 Å². The third-order valence-electron chi connectivity index (χ3n) is 5.24. The number of hydrogen-bond acceptors (Lipinski definition) is 6. The fourth-order valence-electron chi connectivity index (χ4n) is 3.82. The molecule has 0 bridgehead atoms. The molecule has 7 heteroatoms. The quantitative estimate of drug-likeness (QED) is 0.508. The van der Waals surface area contributed by atoms with Gasteiger partial charge in [-0.1, -0.05) is 19.9 Å². The summed E-state index contributed by atoms with van der Waals surface area (Å²) in [5, 5.41) is 27.5. The van der Waals surface area contributed by atoms with Gasteiger partial charge in [-0.05, 0) is 43.6 Å². The third-order valence-corrected chi connectivity index (χ3v) is 5.24. The van der Waals surface area contributed by atoms with Gasteiger partial charge < -0.3 is 34.7 Å². The summed E-state index contributed by atoms with van der Waals surface area (Å²) in [6.45, 7) is 7.47. The molecular weight excluding hydrogens is 372 g/mol. The molecule has 0 radical (unpaired) electrons. The van der Waals surface area contributed by atoms with E-state index in [0.29, 0.717) is 12.8 Å². The highest BCUT2D eigenvalue weighted by Gasteiger charge is 2.29. The molecule has 0 saturated carbocycles. The molecule has 0 amide bonds. The minimum absolute atomic E-state index is 0.110. The van der Waals surface area contributed by atoms with Gasteiger partial charge in [0.2, 0.25) is 6.29 Å². The lowest BCUT2D eigenvalue weighted by Gasteiger charge is -2.32. The van der Waals surface area contributed by atoms with E-state index in [1.54, 1.807) is 0 Å². The Balaban J connectivity index is 0.00000145. The number of hydrogen-bond donors (Lipinski definition) is 4. The first-order valence-corrected chi connectivity index (χ1v) is 10.5. The van der Waals surface area contributed by atoms with E-state index in [1.165, 1.54) is 5.56 Å². The topological polar surface area (TPSA) is 98.2 Å². The standard InChI is InChI=1S/C21H32N2O4.CH4O/c1-3-9-23(4-2)10-8-15-13-22-18-6-5-7-19(21(15)18)27-20-12-16(25)11-17(14-24)26-20;1-2/h5-7,13,16-17,20,22,24-25H,3-4,8-12,14H2,1-2H3;2H,1H3. The van der Waals surface area contributed by atoms with Crippen LogP contribution in [0.3, 0.4) is 0 Å². The van der Waals surface area contributed by atoms with Crippen LogP contribution in [0, 0.1) is 0 Å². The zero-order chi connectivity index (χ0) is 21.2. The van der Waals surface area contributed by atoms with E-state index in [9.17, 15) is 10.2 Å². The summed E-state index contributed by atoms with van der Waals surface area (Å²) in [4.78, 5) is 5.79. The van der Waals surface area contributed by atoms with E-state index in [-0.39, 0.29) is 12.7 Å². The lowest BCUT2D eigenvalue weighted by molar-refractivity contribution is -0.184. The van der Waals surface area contributed by atoms with Gasteiger partial charge in [-0.15, -0.1) is 0 Å². The molecule has 1 fully saturated rings. The SMILES string of the molecule is CCCN(CC)CCc1c[nH]c2cccc(OC3CC(O)CC(CO)O3)c12.CO. The lowest BCUT2D eigenvalue weighted by atomic mass is 10.1. The minimum atomic E-state index is -0.550. The maximum atomic E-state index is 10.0. The van der Waals surface area contributed by atoms with Crippen LogP contribution in [0.5, 0.6) is 5.75 Å². The molecule has 0 aliphatic carbocycles. The molecule has 3 unspecified atom stereocenters. The molecule has 2 heterocycles. The number of aromatic amines is 1. The Morgan fingerprint density at radius 3 is 2.69 bits per heavy atom. The number of H-pyrrole nitrogens is 1. The summed E-state index contributed by atoms with van der Waals surface area (Å²) >= 11 is 0. The van der Waals surface area contributed by atoms with Gasteiger partial charge in [0, 0.05) is 43.6 Å². The van der Waals surface area contributed by atoms with Crippen molar-refractivity contribution in [1.29, 1.82) is 0 Å². The highest BCUT2D eigenvalue weighted by atomic mass is 16.7. The molecule has 3 atom stereocenters. The summed E-state index contributed by atoms with van der Waals surface area (Å²) in [7, 11) is 1.00. The van der Waals surface area contributed by atoms with Gasteiger partial charge >= 0.3 is 0 Å². The van der Waals surface area contributed by atoms with Crippen LogP contribution in [-0.2, 0) is 11.2 Å². The number of nitrogens with one attached hydrogen (secondary N) is 1. The van der Waals surface area contributed by atoms with Crippen LogP contribution in [0.4, 0.5) is 0 Å². The van der Waals surface area contributed by atoms with Crippen molar-refractivity contribution < 1.29 is 24.8 Å². The summed E-state index contributed by atoms with van der Waals surface area (Å²) in [5.41, 5.74) is 2.27. The Bertz CT molecular complexity index is 720. The normalized spacial score (nSPS) is 21.8. The van der Waals surface area contributed by atoms with E-state index in [2.05, 4.69) is 29.9 Å². The van der Waals surface area contributed by atoms with Crippen molar-refractivity contribution in [1.82, 2.24) is 9.88 Å². The predicted molar refractivity (Wildman–Crippen MR) is 114 cm³/mol. The zero-order valence-corrected chi connectivity index (χ0v) is 17.8. The largest absolute Gasteiger partial charge is 0.464 e. The zero-order valence-electron chi connectivity index (χ0n) is 17.8. The molecule has 29 heavy (non-hydrogen) atoms. The molecule has 7 nitrogen and oxygen atoms in total. The molecule has 3 rings (SSSR count). The first-order chi connectivity index (χ1) is 14.1. The summed E-state index contributed by atoms with van der Waals surface area (Å²) < 4.78 is 11.9. The van der Waals surface area contributed by atoms with E-state index in [1.807, 2.05) is 18.2 Å². The van der Waals surface area contributed by atoms with Gasteiger partial charge in [0.05, 0.1) is 18.8 Å². The monoisotopic (exact) mass is 408 g/mol. The second-order valence-electron chi connectivity index (χ2n) is 7.29. The Hall–Kier alpha value is -1.64. The molecule has 1 aromatic heterocycles. The number of likely N-dealkylation sites (N-methyl/N-ethyl adjacent to an activating group) is 1. The summed E-state index contributed by atoms with van der Waals surface area (Å²) in [6, 6.07) is 5.94. The van der Waals surface area contributed by atoms with Crippen molar-refractivity contribution >= 4 is 10.9 Å². The van der Waals surface area contributed by atoms with E-state index in [0.717, 1.165) is 56.2 Å². The average molecular weight is 409 g/mol. The van der Waals surface area contributed by atoms with Crippen LogP contribution < -0.4 is 4.74 Å². The molecule has 164 valence electrons. The van der Waals surface area contributed by atoms with Gasteiger partial charge in [-0.2, -0.15) is 0 Å². The first kappa shape index (κ1) is 23.6. The maximum Gasteiger partial charge on any atom is 0.202 e. The number of rotatable bonds is 9. The van der Waals surface area contributed by atoms with Crippen LogP contribution in [0.15, 0.2) is 24.4 Å². The Morgan fingerprint density at radius 2 is 2.00 bits per heavy atom. The van der Waals surface area contributed by atoms with Crippen LogP contribution in [0.25, 0.3) is 10.9 Å². The highest BCUT2D eigenvalue weighted by Crippen LogP contribution is 2.32. The second kappa shape index (κ2) is 12.1. The Labute approximate surface area is 173 Å². The second-order valence-corrected chi connectivity index (χ2v) is 7.29. The molecule has 1 aliphatic rings. The third kappa shape index (κ3) is 6.42. The van der Waals surface area contributed by atoms with E-state index < -0.39 is 12.4 Å². The molecule has 4 N–H and O–H groups in total. The molecule has 1 aromatic carbocycles. The smallest absolute Gasteiger partial charge is 0.202 e. The fourth-order valence-corrected chi connectivity index (χ4v) is 3.82. The van der Waals surface area contributed by atoms with Crippen molar-refractivity contribution in [2.75, 3.05) is 33.4 Å². The number of fused-ring (bicyclic) bond motifs is 1. The minimum Gasteiger partial charge on any atom is -0.464 e. The van der Waals surface area contributed by atoms with Crippen molar-refractivity contribution in [2.24, 2.45) is 0 Å². The molecule has 1 saturated heterocycles. The number of aromatic nitrogens is 1. The van der Waals surface area contributed by atoms with Crippen molar-refractivity contribution in [3.8, 4) is 5.75 Å². The Kier molecular flexibility index (Phi) is 9.90. The van der Waals surface area contributed by atoms with E-state index in [4.69, 9.17) is 14.6 Å². The molecule has 2 aromatic rings. The number of ether oxygens (including phenoxy) is 2. The van der Waals surface area contributed by atoms with Crippen molar-refractivity contribution in [3.05, 3.63) is 30.0 Å².